The first-order chi connectivity index (χ1) is 13.1. The van der Waals surface area contributed by atoms with Gasteiger partial charge in [0.15, 0.2) is 15.6 Å². The molecule has 0 aliphatic carbocycles. The normalized spacial score (nSPS) is 18.2. The zero-order valence-electron chi connectivity index (χ0n) is 16.3. The van der Waals surface area contributed by atoms with Gasteiger partial charge in [0.05, 0.1) is 17.2 Å². The summed E-state index contributed by atoms with van der Waals surface area (Å²) in [5.74, 6) is -0.0839. The van der Waals surface area contributed by atoms with Gasteiger partial charge in [0.2, 0.25) is 0 Å². The van der Waals surface area contributed by atoms with Crippen LogP contribution in [0.1, 0.15) is 51.0 Å². The Morgan fingerprint density at radius 1 is 1.32 bits per heavy atom. The third-order valence-corrected chi connectivity index (χ3v) is 7.15. The first-order valence-electron chi connectivity index (χ1n) is 8.96. The van der Waals surface area contributed by atoms with Crippen molar-refractivity contribution in [2.75, 3.05) is 11.5 Å². The van der Waals surface area contributed by atoms with Gasteiger partial charge in [-0.3, -0.25) is 9.59 Å². The molecule has 1 atom stereocenters. The highest BCUT2D eigenvalue weighted by Gasteiger charge is 2.31. The van der Waals surface area contributed by atoms with Crippen molar-refractivity contribution in [3.63, 3.8) is 0 Å². The lowest BCUT2D eigenvalue weighted by Crippen LogP contribution is -2.30. The molecule has 148 valence electrons. The van der Waals surface area contributed by atoms with Gasteiger partial charge in [0.25, 0.3) is 5.56 Å². The second-order valence-electron chi connectivity index (χ2n) is 7.29. The summed E-state index contributed by atoms with van der Waals surface area (Å²) in [5, 5.41) is 13.4. The lowest BCUT2D eigenvalue weighted by molar-refractivity contribution is 0.0964. The molecule has 1 saturated heterocycles. The summed E-state index contributed by atoms with van der Waals surface area (Å²) in [6, 6.07) is 3.42. The first kappa shape index (κ1) is 20.0. The quantitative estimate of drug-likeness (QED) is 0.714. The standard InChI is InChI=1S/C19H22N4O4S/c1-11-7-16(14(4)23(11)15-5-6-28(26,27)10-15)18(24)9-22-19(25)17(8-20)12(2)13(3)21-22/h7,15H,5-6,9-10H2,1-4H3/t15-/m1/s1. The smallest absolute Gasteiger partial charge is 0.285 e. The van der Waals surface area contributed by atoms with Crippen LogP contribution in [0.15, 0.2) is 10.9 Å². The molecule has 0 unspecified atom stereocenters. The summed E-state index contributed by atoms with van der Waals surface area (Å²) in [4.78, 5) is 25.3. The molecule has 0 saturated carbocycles. The van der Waals surface area contributed by atoms with Crippen LogP contribution in [0.3, 0.4) is 0 Å². The molecule has 1 aliphatic heterocycles. The number of aryl methyl sites for hydroxylation is 2. The van der Waals surface area contributed by atoms with Gasteiger partial charge >= 0.3 is 0 Å². The van der Waals surface area contributed by atoms with Crippen LogP contribution in [-0.4, -0.2) is 40.1 Å². The number of hydrogen-bond acceptors (Lipinski definition) is 6. The summed E-state index contributed by atoms with van der Waals surface area (Å²) in [5.41, 5.74) is 2.36. The molecule has 1 fully saturated rings. The summed E-state index contributed by atoms with van der Waals surface area (Å²) in [6.07, 6.45) is 0.524. The fraction of sp³-hybridized carbons (Fsp3) is 0.474. The number of aromatic nitrogens is 3. The molecular formula is C19H22N4O4S. The molecule has 0 bridgehead atoms. The Kier molecular flexibility index (Phi) is 5.02. The lowest BCUT2D eigenvalue weighted by atomic mass is 10.1. The summed E-state index contributed by atoms with van der Waals surface area (Å²) < 4.78 is 26.6. The predicted octanol–water partition coefficient (Wildman–Crippen LogP) is 1.39. The van der Waals surface area contributed by atoms with Crippen molar-refractivity contribution in [3.05, 3.63) is 50.2 Å². The molecule has 0 amide bonds. The van der Waals surface area contributed by atoms with Gasteiger partial charge in [-0.1, -0.05) is 0 Å². The monoisotopic (exact) mass is 402 g/mol. The molecule has 0 radical (unpaired) electrons. The highest BCUT2D eigenvalue weighted by Crippen LogP contribution is 2.29. The molecular weight excluding hydrogens is 380 g/mol. The predicted molar refractivity (Wildman–Crippen MR) is 103 cm³/mol. The molecule has 8 nitrogen and oxygen atoms in total. The van der Waals surface area contributed by atoms with Gasteiger partial charge in [-0.15, -0.1) is 0 Å². The molecule has 2 aromatic heterocycles. The number of rotatable bonds is 4. The highest BCUT2D eigenvalue weighted by atomic mass is 32.2. The number of carbonyl (C=O) groups is 1. The van der Waals surface area contributed by atoms with Gasteiger partial charge < -0.3 is 4.57 Å². The largest absolute Gasteiger partial charge is 0.344 e. The molecule has 9 heteroatoms. The molecule has 28 heavy (non-hydrogen) atoms. The zero-order chi connectivity index (χ0) is 20.8. The van der Waals surface area contributed by atoms with E-state index in [4.69, 9.17) is 0 Å². The number of hydrogen-bond donors (Lipinski definition) is 0. The Hall–Kier alpha value is -2.73. The van der Waals surface area contributed by atoms with E-state index in [0.717, 1.165) is 10.4 Å². The van der Waals surface area contributed by atoms with Crippen molar-refractivity contribution >= 4 is 15.6 Å². The van der Waals surface area contributed by atoms with E-state index in [2.05, 4.69) is 5.10 Å². The second kappa shape index (κ2) is 7.02. The van der Waals surface area contributed by atoms with E-state index in [9.17, 15) is 23.3 Å². The Morgan fingerprint density at radius 2 is 2.00 bits per heavy atom. The first-order valence-corrected chi connectivity index (χ1v) is 10.8. The maximum absolute atomic E-state index is 12.9. The van der Waals surface area contributed by atoms with E-state index in [-0.39, 0.29) is 35.4 Å². The van der Waals surface area contributed by atoms with Crippen molar-refractivity contribution in [1.29, 1.82) is 5.26 Å². The van der Waals surface area contributed by atoms with Crippen molar-refractivity contribution < 1.29 is 13.2 Å². The summed E-state index contributed by atoms with van der Waals surface area (Å²) >= 11 is 0. The minimum atomic E-state index is -3.05. The van der Waals surface area contributed by atoms with Crippen molar-refractivity contribution in [2.24, 2.45) is 0 Å². The Morgan fingerprint density at radius 3 is 2.57 bits per heavy atom. The lowest BCUT2D eigenvalue weighted by Gasteiger charge is -2.16. The van der Waals surface area contributed by atoms with Gasteiger partial charge in [-0.2, -0.15) is 10.4 Å². The van der Waals surface area contributed by atoms with Gasteiger partial charge in [-0.05, 0) is 45.7 Å². The molecule has 3 heterocycles. The number of nitriles is 1. The average Bonchev–Trinajstić information content (AvgIpc) is 3.11. The molecule has 0 spiro atoms. The molecule has 1 aliphatic rings. The van der Waals surface area contributed by atoms with Crippen molar-refractivity contribution in [3.8, 4) is 6.07 Å². The number of ketones is 1. The number of carbonyl (C=O) groups excluding carboxylic acids is 1. The number of sulfone groups is 1. The van der Waals surface area contributed by atoms with E-state index in [1.165, 1.54) is 0 Å². The van der Waals surface area contributed by atoms with Crippen LogP contribution in [0.2, 0.25) is 0 Å². The molecule has 0 aromatic carbocycles. The zero-order valence-corrected chi connectivity index (χ0v) is 17.1. The van der Waals surface area contributed by atoms with Crippen LogP contribution in [0, 0.1) is 39.0 Å². The minimum Gasteiger partial charge on any atom is -0.344 e. The van der Waals surface area contributed by atoms with Gasteiger partial charge in [-0.25, -0.2) is 13.1 Å². The topological polar surface area (TPSA) is 115 Å². The average molecular weight is 402 g/mol. The molecule has 0 N–H and O–H groups in total. The highest BCUT2D eigenvalue weighted by molar-refractivity contribution is 7.91. The number of nitrogens with zero attached hydrogens (tertiary/aromatic N) is 4. The van der Waals surface area contributed by atoms with Crippen LogP contribution in [-0.2, 0) is 16.4 Å². The van der Waals surface area contributed by atoms with Crippen LogP contribution in [0.5, 0.6) is 0 Å². The fourth-order valence-corrected chi connectivity index (χ4v) is 5.53. The Labute approximate surface area is 163 Å². The SMILES string of the molecule is Cc1nn(CC(=O)c2cc(C)n([C@@H]3CCS(=O)(=O)C3)c2C)c(=O)c(C#N)c1C. The molecule has 3 rings (SSSR count). The minimum absolute atomic E-state index is 0.0121. The van der Waals surface area contributed by atoms with Crippen LogP contribution in [0.4, 0.5) is 0 Å². The van der Waals surface area contributed by atoms with Crippen molar-refractivity contribution in [2.45, 2.75) is 46.7 Å². The third kappa shape index (κ3) is 3.40. The van der Waals surface area contributed by atoms with Crippen LogP contribution >= 0.6 is 0 Å². The van der Waals surface area contributed by atoms with E-state index in [1.807, 2.05) is 17.6 Å². The third-order valence-electron chi connectivity index (χ3n) is 5.40. The van der Waals surface area contributed by atoms with Gasteiger partial charge in [0.1, 0.15) is 18.2 Å². The van der Waals surface area contributed by atoms with Gasteiger partial charge in [0, 0.05) is 23.0 Å². The number of Topliss-reactive ketones (excluding diaryl/α,β-unsaturated/α-hetero) is 1. The van der Waals surface area contributed by atoms with E-state index < -0.39 is 15.4 Å². The summed E-state index contributed by atoms with van der Waals surface area (Å²) in [6.45, 7) is 6.67. The molecule has 2 aromatic rings. The van der Waals surface area contributed by atoms with Crippen LogP contribution in [0.25, 0.3) is 0 Å². The maximum atomic E-state index is 12.9. The van der Waals surface area contributed by atoms with Crippen molar-refractivity contribution in [1.82, 2.24) is 14.3 Å². The van der Waals surface area contributed by atoms with Crippen LogP contribution < -0.4 is 5.56 Å². The maximum Gasteiger partial charge on any atom is 0.285 e. The Balaban J connectivity index is 1.96. The fourth-order valence-electron chi connectivity index (χ4n) is 3.83. The Bertz CT molecular complexity index is 1180. The van der Waals surface area contributed by atoms with E-state index in [1.54, 1.807) is 26.8 Å². The van der Waals surface area contributed by atoms with E-state index >= 15 is 0 Å². The summed E-state index contributed by atoms with van der Waals surface area (Å²) in [7, 11) is -3.05. The second-order valence-corrected chi connectivity index (χ2v) is 9.52. The van der Waals surface area contributed by atoms with E-state index in [0.29, 0.717) is 28.9 Å².